The molecule has 0 radical (unpaired) electrons. The van der Waals surface area contributed by atoms with Crippen LogP contribution in [0, 0.1) is 23.2 Å². The van der Waals surface area contributed by atoms with Crippen molar-refractivity contribution in [2.45, 2.75) is 0 Å². The number of ether oxygens (including phenoxy) is 2. The van der Waals surface area contributed by atoms with Gasteiger partial charge in [0.15, 0.2) is 17.6 Å². The smallest absolute Gasteiger partial charge is 0.162 e. The van der Waals surface area contributed by atoms with Crippen molar-refractivity contribution in [3.05, 3.63) is 23.8 Å². The summed E-state index contributed by atoms with van der Waals surface area (Å²) in [7, 11) is 0. The Morgan fingerprint density at radius 1 is 1.14 bits per heavy atom. The van der Waals surface area contributed by atoms with E-state index in [-0.39, 0.29) is 0 Å². The van der Waals surface area contributed by atoms with E-state index in [0.717, 1.165) is 11.3 Å². The molecule has 0 saturated heterocycles. The molecule has 3 nitrogen and oxygen atoms in total. The summed E-state index contributed by atoms with van der Waals surface area (Å²) >= 11 is 0. The summed E-state index contributed by atoms with van der Waals surface area (Å²) in [6.07, 6.45) is 0. The third-order valence-corrected chi connectivity index (χ3v) is 1.80. The fourth-order valence-electron chi connectivity index (χ4n) is 1.22. The van der Waals surface area contributed by atoms with Crippen LogP contribution < -0.4 is 9.47 Å². The lowest BCUT2D eigenvalue weighted by atomic mass is 10.2. The lowest BCUT2D eigenvalue weighted by Crippen LogP contribution is -2.15. The van der Waals surface area contributed by atoms with Crippen molar-refractivity contribution in [3.63, 3.8) is 0 Å². The molecule has 1 aromatic rings. The van der Waals surface area contributed by atoms with Crippen LogP contribution in [0.2, 0.25) is 0 Å². The number of hydrogen-bond acceptors (Lipinski definition) is 3. The quantitative estimate of drug-likeness (QED) is 0.572. The summed E-state index contributed by atoms with van der Waals surface area (Å²) in [4.78, 5) is 0. The van der Waals surface area contributed by atoms with E-state index in [0.29, 0.717) is 19.0 Å². The van der Waals surface area contributed by atoms with Crippen LogP contribution >= 0.6 is 0 Å². The monoisotopic (exact) mass is 185 g/mol. The highest BCUT2D eigenvalue weighted by molar-refractivity contribution is 5.49. The molecule has 0 bridgehead atoms. The van der Waals surface area contributed by atoms with E-state index in [1.165, 1.54) is 0 Å². The Morgan fingerprint density at radius 3 is 2.71 bits per heavy atom. The van der Waals surface area contributed by atoms with Crippen LogP contribution in [0.5, 0.6) is 11.5 Å². The van der Waals surface area contributed by atoms with Crippen LogP contribution in [0.15, 0.2) is 18.2 Å². The second-order valence-corrected chi connectivity index (χ2v) is 2.72. The first-order chi connectivity index (χ1) is 6.90. The maximum absolute atomic E-state index is 8.29. The Balaban J connectivity index is 2.34. The molecule has 3 heteroatoms. The van der Waals surface area contributed by atoms with Gasteiger partial charge >= 0.3 is 0 Å². The van der Waals surface area contributed by atoms with Crippen molar-refractivity contribution in [1.29, 1.82) is 5.26 Å². The number of rotatable bonds is 0. The Bertz CT molecular complexity index is 449. The van der Waals surface area contributed by atoms with Gasteiger partial charge in [-0.05, 0) is 18.2 Å². The van der Waals surface area contributed by atoms with Gasteiger partial charge in [-0.15, -0.1) is 0 Å². The molecule has 0 aliphatic carbocycles. The van der Waals surface area contributed by atoms with Gasteiger partial charge in [0.25, 0.3) is 0 Å². The van der Waals surface area contributed by atoms with E-state index in [2.05, 4.69) is 11.8 Å². The third kappa shape index (κ3) is 1.62. The highest BCUT2D eigenvalue weighted by Crippen LogP contribution is 2.30. The average Bonchev–Trinajstić information content (AvgIpc) is 2.26. The number of fused-ring (bicyclic) bond motifs is 1. The molecule has 1 heterocycles. The minimum Gasteiger partial charge on any atom is -0.486 e. The minimum atomic E-state index is 0.558. The first-order valence-corrected chi connectivity index (χ1v) is 4.20. The summed E-state index contributed by atoms with van der Waals surface area (Å²) in [5.41, 5.74) is 0.760. The lowest BCUT2D eigenvalue weighted by molar-refractivity contribution is 0.171. The van der Waals surface area contributed by atoms with Crippen molar-refractivity contribution in [2.24, 2.45) is 0 Å². The Morgan fingerprint density at radius 2 is 1.93 bits per heavy atom. The second kappa shape index (κ2) is 3.72. The molecule has 0 N–H and O–H groups in total. The molecule has 68 valence electrons. The Hall–Kier alpha value is -2.13. The topological polar surface area (TPSA) is 42.2 Å². The van der Waals surface area contributed by atoms with Crippen molar-refractivity contribution in [3.8, 4) is 29.4 Å². The molecule has 0 amide bonds. The van der Waals surface area contributed by atoms with Gasteiger partial charge < -0.3 is 9.47 Å². The number of nitriles is 1. The zero-order valence-electron chi connectivity index (χ0n) is 7.41. The Labute approximate surface area is 81.9 Å². The van der Waals surface area contributed by atoms with Gasteiger partial charge in [0.2, 0.25) is 0 Å². The van der Waals surface area contributed by atoms with Crippen molar-refractivity contribution < 1.29 is 9.47 Å². The van der Waals surface area contributed by atoms with Gasteiger partial charge in [-0.3, -0.25) is 0 Å². The maximum atomic E-state index is 8.29. The summed E-state index contributed by atoms with van der Waals surface area (Å²) in [5.74, 6) is 6.46. The van der Waals surface area contributed by atoms with Gasteiger partial charge in [-0.25, -0.2) is 0 Å². The molecule has 0 spiro atoms. The van der Waals surface area contributed by atoms with Crippen LogP contribution in [0.4, 0.5) is 0 Å². The SMILES string of the molecule is N#CC#Cc1ccc2c(c1)OCCO2. The molecule has 0 aromatic heterocycles. The fourth-order valence-corrected chi connectivity index (χ4v) is 1.22. The highest BCUT2D eigenvalue weighted by atomic mass is 16.6. The van der Waals surface area contributed by atoms with E-state index in [1.54, 1.807) is 24.3 Å². The van der Waals surface area contributed by atoms with E-state index in [4.69, 9.17) is 14.7 Å². The Kier molecular flexibility index (Phi) is 2.25. The predicted octanol–water partition coefficient (Wildman–Crippen LogP) is 1.33. The summed E-state index contributed by atoms with van der Waals surface area (Å²) in [6, 6.07) is 7.14. The van der Waals surface area contributed by atoms with Crippen molar-refractivity contribution in [1.82, 2.24) is 0 Å². The zero-order valence-corrected chi connectivity index (χ0v) is 7.41. The standard InChI is InChI=1S/C11H7NO2/c12-5-1-2-9-3-4-10-11(8-9)14-7-6-13-10/h3-4,8H,6-7H2. The largest absolute Gasteiger partial charge is 0.486 e. The normalized spacial score (nSPS) is 12.2. The average molecular weight is 185 g/mol. The van der Waals surface area contributed by atoms with E-state index >= 15 is 0 Å². The molecule has 14 heavy (non-hydrogen) atoms. The van der Waals surface area contributed by atoms with E-state index in [9.17, 15) is 0 Å². The zero-order chi connectivity index (χ0) is 9.80. The van der Waals surface area contributed by atoms with Crippen molar-refractivity contribution in [2.75, 3.05) is 13.2 Å². The molecular weight excluding hydrogens is 178 g/mol. The number of nitrogens with zero attached hydrogens (tertiary/aromatic N) is 1. The number of hydrogen-bond donors (Lipinski definition) is 0. The van der Waals surface area contributed by atoms with Crippen LogP contribution in [0.25, 0.3) is 0 Å². The maximum Gasteiger partial charge on any atom is 0.162 e. The van der Waals surface area contributed by atoms with E-state index in [1.807, 2.05) is 0 Å². The first-order valence-electron chi connectivity index (χ1n) is 4.20. The summed E-state index contributed by atoms with van der Waals surface area (Å²) in [5, 5.41) is 8.29. The van der Waals surface area contributed by atoms with Crippen LogP contribution in [0.3, 0.4) is 0 Å². The van der Waals surface area contributed by atoms with Crippen molar-refractivity contribution >= 4 is 0 Å². The molecule has 2 rings (SSSR count). The molecule has 0 unspecified atom stereocenters. The van der Waals surface area contributed by atoms with Crippen LogP contribution in [-0.2, 0) is 0 Å². The van der Waals surface area contributed by atoms with Gasteiger partial charge in [-0.2, -0.15) is 5.26 Å². The first kappa shape index (κ1) is 8.47. The summed E-state index contributed by atoms with van der Waals surface area (Å²) < 4.78 is 10.7. The predicted molar refractivity (Wildman–Crippen MR) is 49.9 cm³/mol. The third-order valence-electron chi connectivity index (χ3n) is 1.80. The minimum absolute atomic E-state index is 0.558. The molecule has 0 fully saturated rings. The fraction of sp³-hybridized carbons (Fsp3) is 0.182. The molecule has 1 aliphatic heterocycles. The molecule has 0 saturated carbocycles. The molecule has 0 atom stereocenters. The molecule has 1 aromatic carbocycles. The molecule has 1 aliphatic rings. The highest BCUT2D eigenvalue weighted by Gasteiger charge is 2.10. The lowest BCUT2D eigenvalue weighted by Gasteiger charge is -2.17. The van der Waals surface area contributed by atoms with E-state index < -0.39 is 0 Å². The summed E-state index contributed by atoms with van der Waals surface area (Å²) in [6.45, 7) is 1.14. The molecular formula is C11H7NO2. The van der Waals surface area contributed by atoms with Crippen LogP contribution in [0.1, 0.15) is 5.56 Å². The van der Waals surface area contributed by atoms with Gasteiger partial charge in [0, 0.05) is 11.5 Å². The van der Waals surface area contributed by atoms with Crippen LogP contribution in [-0.4, -0.2) is 13.2 Å². The van der Waals surface area contributed by atoms with Gasteiger partial charge in [0.05, 0.1) is 0 Å². The van der Waals surface area contributed by atoms with Gasteiger partial charge in [0.1, 0.15) is 13.2 Å². The van der Waals surface area contributed by atoms with Gasteiger partial charge in [-0.1, -0.05) is 5.92 Å². The number of benzene rings is 1. The second-order valence-electron chi connectivity index (χ2n) is 2.72.